The first-order chi connectivity index (χ1) is 17.1. The van der Waals surface area contributed by atoms with Gasteiger partial charge in [-0.25, -0.2) is 0 Å². The topological polar surface area (TPSA) is 65.8 Å². The lowest BCUT2D eigenvalue weighted by Crippen LogP contribution is -2.52. The molecule has 0 spiro atoms. The highest BCUT2D eigenvalue weighted by molar-refractivity contribution is 6.33. The average Bonchev–Trinajstić information content (AvgIpc) is 3.31. The second kappa shape index (κ2) is 10.7. The van der Waals surface area contributed by atoms with E-state index in [-0.39, 0.29) is 26.2 Å². The van der Waals surface area contributed by atoms with Gasteiger partial charge in [0.25, 0.3) is 0 Å². The molecule has 0 saturated carbocycles. The average molecular weight is 538 g/mol. The Morgan fingerprint density at radius 3 is 2.33 bits per heavy atom. The molecule has 0 unspecified atom stereocenters. The second-order valence-corrected chi connectivity index (χ2v) is 8.76. The fourth-order valence-electron chi connectivity index (χ4n) is 3.76. The monoisotopic (exact) mass is 537 g/mol. The van der Waals surface area contributed by atoms with E-state index in [9.17, 15) is 22.8 Å². The molecule has 0 atom stereocenters. The van der Waals surface area contributed by atoms with Crippen molar-refractivity contribution < 1.29 is 27.2 Å². The first-order valence-electron chi connectivity index (χ1n) is 10.9. The maximum absolute atomic E-state index is 12.6. The van der Waals surface area contributed by atoms with Gasteiger partial charge in [-0.2, -0.15) is 13.2 Å². The zero-order valence-electron chi connectivity index (χ0n) is 18.7. The first kappa shape index (κ1) is 25.7. The third-order valence-electron chi connectivity index (χ3n) is 5.53. The van der Waals surface area contributed by atoms with Crippen LogP contribution in [-0.2, 0) is 9.59 Å². The van der Waals surface area contributed by atoms with E-state index >= 15 is 0 Å². The van der Waals surface area contributed by atoms with Crippen LogP contribution in [0.2, 0.25) is 10.0 Å². The van der Waals surface area contributed by atoms with Gasteiger partial charge in [-0.1, -0.05) is 35.3 Å². The van der Waals surface area contributed by atoms with Gasteiger partial charge in [0, 0.05) is 43.5 Å². The lowest BCUT2D eigenvalue weighted by Gasteiger charge is -2.36. The summed E-state index contributed by atoms with van der Waals surface area (Å²) in [5, 5.41) is 3.57. The van der Waals surface area contributed by atoms with Crippen molar-refractivity contribution in [2.24, 2.45) is 0 Å². The van der Waals surface area contributed by atoms with Crippen molar-refractivity contribution in [1.82, 2.24) is 4.90 Å². The minimum atomic E-state index is -4.89. The number of nitrogens with one attached hydrogen (secondary N) is 1. The number of benzene rings is 2. The number of hydrogen-bond acceptors (Lipinski definition) is 4. The van der Waals surface area contributed by atoms with E-state index in [1.54, 1.807) is 41.3 Å². The van der Waals surface area contributed by atoms with E-state index in [0.29, 0.717) is 32.9 Å². The molecule has 1 aliphatic heterocycles. The molecule has 0 bridgehead atoms. The molecule has 1 aromatic heterocycles. The van der Waals surface area contributed by atoms with E-state index in [2.05, 4.69) is 5.32 Å². The molecule has 2 amide bonds. The third kappa shape index (κ3) is 6.03. The van der Waals surface area contributed by atoms with Gasteiger partial charge in [0.05, 0.1) is 15.7 Å². The lowest BCUT2D eigenvalue weighted by atomic mass is 10.2. The van der Waals surface area contributed by atoms with Gasteiger partial charge in [0.15, 0.2) is 0 Å². The number of rotatable bonds is 5. The van der Waals surface area contributed by atoms with Crippen LogP contribution in [0.25, 0.3) is 17.4 Å². The highest BCUT2D eigenvalue weighted by Crippen LogP contribution is 2.31. The summed E-state index contributed by atoms with van der Waals surface area (Å²) >= 11 is 12.5. The number of hydrogen-bond donors (Lipinski definition) is 1. The van der Waals surface area contributed by atoms with Gasteiger partial charge < -0.3 is 19.5 Å². The molecule has 3 aromatic rings. The smallest absolute Gasteiger partial charge is 0.457 e. The largest absolute Gasteiger partial charge is 0.471 e. The maximum atomic E-state index is 12.6. The van der Waals surface area contributed by atoms with Gasteiger partial charge in [0.1, 0.15) is 11.5 Å². The van der Waals surface area contributed by atoms with E-state index in [0.717, 1.165) is 10.5 Å². The van der Waals surface area contributed by atoms with Crippen molar-refractivity contribution in [2.45, 2.75) is 6.18 Å². The van der Waals surface area contributed by atoms with E-state index in [4.69, 9.17) is 27.6 Å². The van der Waals surface area contributed by atoms with Crippen molar-refractivity contribution in [2.75, 3.05) is 36.4 Å². The molecule has 4 rings (SSSR count). The van der Waals surface area contributed by atoms with Gasteiger partial charge >= 0.3 is 12.1 Å². The van der Waals surface area contributed by atoms with Crippen LogP contribution in [0.5, 0.6) is 0 Å². The summed E-state index contributed by atoms with van der Waals surface area (Å²) in [5.74, 6) is -1.20. The molecule has 2 aromatic carbocycles. The van der Waals surface area contributed by atoms with Crippen molar-refractivity contribution in [1.29, 1.82) is 0 Å². The minimum Gasteiger partial charge on any atom is -0.457 e. The van der Waals surface area contributed by atoms with Crippen LogP contribution < -0.4 is 10.2 Å². The van der Waals surface area contributed by atoms with E-state index in [1.807, 2.05) is 18.2 Å². The number of carbonyl (C=O) groups is 2. The number of amides is 2. The number of halogens is 5. The Morgan fingerprint density at radius 2 is 1.67 bits per heavy atom. The Hall–Kier alpha value is -3.43. The van der Waals surface area contributed by atoms with Crippen molar-refractivity contribution in [3.05, 3.63) is 76.5 Å². The molecule has 0 aliphatic carbocycles. The highest BCUT2D eigenvalue weighted by Gasteiger charge is 2.43. The number of nitrogens with zero attached hydrogens (tertiary/aromatic N) is 2. The van der Waals surface area contributed by atoms with Crippen LogP contribution in [0, 0.1) is 0 Å². The summed E-state index contributed by atoms with van der Waals surface area (Å²) in [4.78, 5) is 26.3. The van der Waals surface area contributed by atoms with Crippen LogP contribution in [0.4, 0.5) is 24.5 Å². The maximum Gasteiger partial charge on any atom is 0.471 e. The quantitative estimate of drug-likeness (QED) is 0.398. The zero-order valence-corrected chi connectivity index (χ0v) is 20.2. The van der Waals surface area contributed by atoms with E-state index < -0.39 is 18.0 Å². The van der Waals surface area contributed by atoms with Crippen LogP contribution in [0.1, 0.15) is 5.76 Å². The van der Waals surface area contributed by atoms with Crippen LogP contribution in [0.15, 0.2) is 65.1 Å². The Bertz CT molecular complexity index is 1300. The van der Waals surface area contributed by atoms with Gasteiger partial charge in [-0.3, -0.25) is 9.59 Å². The molecule has 6 nitrogen and oxygen atoms in total. The molecule has 0 radical (unpaired) electrons. The Morgan fingerprint density at radius 1 is 0.944 bits per heavy atom. The van der Waals surface area contributed by atoms with Crippen LogP contribution in [0.3, 0.4) is 0 Å². The number of carbonyl (C=O) groups excluding carboxylic acids is 2. The van der Waals surface area contributed by atoms with Crippen molar-refractivity contribution >= 4 is 52.5 Å². The van der Waals surface area contributed by atoms with Gasteiger partial charge in [0.2, 0.25) is 5.91 Å². The van der Waals surface area contributed by atoms with Crippen LogP contribution in [-0.4, -0.2) is 49.1 Å². The number of furan rings is 1. The molecule has 11 heteroatoms. The fourth-order valence-corrected chi connectivity index (χ4v) is 4.29. The standard InChI is InChI=1S/C25H20Cl2F3N3O3/c26-19-4-2-1-3-18(19)22-9-6-17(36-22)7-10-23(34)31-16-5-8-21(20(27)15-16)32-11-13-33(14-12-32)24(35)25(28,29)30/h1-10,15H,11-14H2,(H,31,34)/b10-7+. The third-order valence-corrected chi connectivity index (χ3v) is 6.16. The molecule has 188 valence electrons. The Labute approximate surface area is 214 Å². The van der Waals surface area contributed by atoms with Crippen molar-refractivity contribution in [3.8, 4) is 11.3 Å². The van der Waals surface area contributed by atoms with Crippen molar-refractivity contribution in [3.63, 3.8) is 0 Å². The fraction of sp³-hybridized carbons (Fsp3) is 0.200. The number of piperazine rings is 1. The Balaban J connectivity index is 1.34. The summed E-state index contributed by atoms with van der Waals surface area (Å²) < 4.78 is 43.6. The molecule has 2 heterocycles. The normalized spacial score (nSPS) is 14.4. The molecular weight excluding hydrogens is 518 g/mol. The summed E-state index contributed by atoms with van der Waals surface area (Å²) in [5.41, 5.74) is 1.79. The predicted octanol–water partition coefficient (Wildman–Crippen LogP) is 6.12. The number of alkyl halides is 3. The lowest BCUT2D eigenvalue weighted by molar-refractivity contribution is -0.185. The van der Waals surface area contributed by atoms with E-state index in [1.165, 1.54) is 12.2 Å². The van der Waals surface area contributed by atoms with Crippen LogP contribution >= 0.6 is 23.2 Å². The summed E-state index contributed by atoms with van der Waals surface area (Å²) in [6.07, 6.45) is -2.05. The predicted molar refractivity (Wildman–Crippen MR) is 133 cm³/mol. The summed E-state index contributed by atoms with van der Waals surface area (Å²) in [6, 6.07) is 15.6. The molecule has 1 N–H and O–H groups in total. The van der Waals surface area contributed by atoms with Gasteiger partial charge in [-0.15, -0.1) is 0 Å². The number of anilines is 2. The van der Waals surface area contributed by atoms with Gasteiger partial charge in [-0.05, 0) is 48.5 Å². The Kier molecular flexibility index (Phi) is 7.61. The molecule has 1 aliphatic rings. The zero-order chi connectivity index (χ0) is 25.9. The molecule has 1 fully saturated rings. The SMILES string of the molecule is O=C(/C=C/c1ccc(-c2ccccc2Cl)o1)Nc1ccc(N2CCN(C(=O)C(F)(F)F)CC2)c(Cl)c1. The second-order valence-electron chi connectivity index (χ2n) is 7.95. The molecular formula is C25H20Cl2F3N3O3. The first-order valence-corrected chi connectivity index (χ1v) is 11.6. The summed E-state index contributed by atoms with van der Waals surface area (Å²) in [7, 11) is 0. The molecule has 1 saturated heterocycles. The molecule has 36 heavy (non-hydrogen) atoms. The highest BCUT2D eigenvalue weighted by atomic mass is 35.5. The minimum absolute atomic E-state index is 0.0665. The summed E-state index contributed by atoms with van der Waals surface area (Å²) in [6.45, 7) is 0.274.